The molecule has 2 rings (SSSR count). The molecule has 0 radical (unpaired) electrons. The van der Waals surface area contributed by atoms with Gasteiger partial charge in [-0.3, -0.25) is 4.79 Å². The fourth-order valence-corrected chi connectivity index (χ4v) is 2.27. The van der Waals surface area contributed by atoms with Crippen LogP contribution in [-0.2, 0) is 4.79 Å². The van der Waals surface area contributed by atoms with E-state index in [1.807, 2.05) is 18.2 Å². The first kappa shape index (κ1) is 15.6. The highest BCUT2D eigenvalue weighted by Crippen LogP contribution is 2.23. The number of hydrogen-bond donors (Lipinski definition) is 2. The highest BCUT2D eigenvalue weighted by molar-refractivity contribution is 14.1. The third-order valence-electron chi connectivity index (χ3n) is 2.97. The van der Waals surface area contributed by atoms with Gasteiger partial charge >= 0.3 is 0 Å². The summed E-state index contributed by atoms with van der Waals surface area (Å²) < 4.78 is 6.51. The van der Waals surface area contributed by atoms with E-state index in [2.05, 4.69) is 59.1 Å². The second kappa shape index (κ2) is 7.31. The van der Waals surface area contributed by atoms with Gasteiger partial charge in [-0.1, -0.05) is 18.2 Å². The number of benzene rings is 2. The van der Waals surface area contributed by atoms with E-state index in [1.54, 1.807) is 6.07 Å². The predicted molar refractivity (Wildman–Crippen MR) is 92.3 cm³/mol. The molecule has 1 amide bonds. The minimum absolute atomic E-state index is 0.115. The van der Waals surface area contributed by atoms with Crippen LogP contribution in [0.5, 0.6) is 5.75 Å². The summed E-state index contributed by atoms with van der Waals surface area (Å²) in [6, 6.07) is 16.0. The van der Waals surface area contributed by atoms with Crippen LogP contribution in [0.25, 0.3) is 0 Å². The number of rotatable bonds is 6. The third kappa shape index (κ3) is 4.93. The average Bonchev–Trinajstić information content (AvgIpc) is 2.46. The number of carbonyl (C=O) groups excluding carboxylic acids is 1. The van der Waals surface area contributed by atoms with Gasteiger partial charge in [0.05, 0.1) is 0 Å². The van der Waals surface area contributed by atoms with Gasteiger partial charge in [0.25, 0.3) is 5.91 Å². The highest BCUT2D eigenvalue weighted by Gasteiger charge is 2.06. The van der Waals surface area contributed by atoms with Crippen LogP contribution in [-0.4, -0.2) is 12.5 Å². The molecule has 0 aliphatic carbocycles. The average molecular weight is 396 g/mol. The van der Waals surface area contributed by atoms with E-state index >= 15 is 0 Å². The van der Waals surface area contributed by atoms with Crippen LogP contribution < -0.4 is 15.8 Å². The summed E-state index contributed by atoms with van der Waals surface area (Å²) in [5.74, 6) is 0.134. The lowest BCUT2D eigenvalue weighted by molar-refractivity contribution is -0.119. The van der Waals surface area contributed by atoms with Crippen LogP contribution in [0.2, 0.25) is 0 Å². The maximum Gasteiger partial charge on any atom is 0.255 e. The van der Waals surface area contributed by atoms with Gasteiger partial charge in [0.1, 0.15) is 5.75 Å². The Balaban J connectivity index is 2.03. The molecule has 0 fully saturated rings. The van der Waals surface area contributed by atoms with Gasteiger partial charge in [-0.25, -0.2) is 0 Å². The van der Waals surface area contributed by atoms with Crippen molar-refractivity contribution in [3.8, 4) is 5.75 Å². The van der Waals surface area contributed by atoms with Crippen molar-refractivity contribution >= 4 is 34.2 Å². The molecule has 1 unspecified atom stereocenters. The Labute approximate surface area is 137 Å². The summed E-state index contributed by atoms with van der Waals surface area (Å²) in [6.07, 6.45) is 0. The maximum atomic E-state index is 10.7. The van der Waals surface area contributed by atoms with Crippen molar-refractivity contribution in [1.29, 1.82) is 0 Å². The summed E-state index contributed by atoms with van der Waals surface area (Å²) in [6.45, 7) is 1.98. The number of anilines is 1. The van der Waals surface area contributed by atoms with Crippen LogP contribution in [0, 0.1) is 3.57 Å². The van der Waals surface area contributed by atoms with Crippen molar-refractivity contribution in [2.75, 3.05) is 11.9 Å². The van der Waals surface area contributed by atoms with Gasteiger partial charge in [0.15, 0.2) is 6.61 Å². The fraction of sp³-hybridized carbons (Fsp3) is 0.188. The molecule has 5 heteroatoms. The first-order valence-electron chi connectivity index (χ1n) is 6.58. The number of ether oxygens (including phenoxy) is 1. The Bertz CT molecular complexity index is 614. The molecule has 0 bridgehead atoms. The molecule has 0 spiro atoms. The van der Waals surface area contributed by atoms with Crippen LogP contribution >= 0.6 is 22.6 Å². The van der Waals surface area contributed by atoms with Crippen molar-refractivity contribution in [3.63, 3.8) is 0 Å². The topological polar surface area (TPSA) is 64.3 Å². The van der Waals surface area contributed by atoms with Crippen molar-refractivity contribution in [3.05, 3.63) is 57.7 Å². The predicted octanol–water partition coefficient (Wildman–Crippen LogP) is 3.33. The number of carbonyl (C=O) groups is 1. The molecule has 0 heterocycles. The molecule has 0 aliphatic heterocycles. The van der Waals surface area contributed by atoms with Gasteiger partial charge in [-0.2, -0.15) is 0 Å². The second-order valence-corrected chi connectivity index (χ2v) is 5.95. The molecule has 1 atom stereocenters. The molecule has 2 aromatic rings. The molecular weight excluding hydrogens is 379 g/mol. The van der Waals surface area contributed by atoms with Gasteiger partial charge < -0.3 is 15.8 Å². The van der Waals surface area contributed by atoms with E-state index in [-0.39, 0.29) is 12.6 Å². The summed E-state index contributed by atoms with van der Waals surface area (Å²) in [5, 5.41) is 3.41. The first-order valence-corrected chi connectivity index (χ1v) is 7.65. The van der Waals surface area contributed by atoms with Gasteiger partial charge in [-0.15, -0.1) is 0 Å². The molecule has 21 heavy (non-hydrogen) atoms. The number of halogens is 1. The monoisotopic (exact) mass is 396 g/mol. The standard InChI is InChI=1S/C16H17IN2O2/c1-11(12-5-7-13(17)8-6-12)19-14-3-2-4-15(9-14)21-10-16(18)20/h2-9,11,19H,10H2,1H3,(H2,18,20). The lowest BCUT2D eigenvalue weighted by atomic mass is 10.1. The lowest BCUT2D eigenvalue weighted by Gasteiger charge is -2.16. The van der Waals surface area contributed by atoms with Crippen LogP contribution in [0.1, 0.15) is 18.5 Å². The molecule has 2 aromatic carbocycles. The zero-order chi connectivity index (χ0) is 15.2. The third-order valence-corrected chi connectivity index (χ3v) is 3.69. The zero-order valence-electron chi connectivity index (χ0n) is 11.7. The molecule has 0 saturated heterocycles. The summed E-state index contributed by atoms with van der Waals surface area (Å²) in [5.41, 5.74) is 7.21. The van der Waals surface area contributed by atoms with Gasteiger partial charge in [0, 0.05) is 21.4 Å². The molecule has 4 nitrogen and oxygen atoms in total. The van der Waals surface area contributed by atoms with Crippen LogP contribution in [0.15, 0.2) is 48.5 Å². The molecule has 3 N–H and O–H groups in total. The molecular formula is C16H17IN2O2. The van der Waals surface area contributed by atoms with E-state index in [1.165, 1.54) is 9.13 Å². The molecule has 0 aromatic heterocycles. The summed E-state index contributed by atoms with van der Waals surface area (Å²) in [7, 11) is 0. The SMILES string of the molecule is CC(Nc1cccc(OCC(N)=O)c1)c1ccc(I)cc1. The Morgan fingerprint density at radius 1 is 1.29 bits per heavy atom. The Kier molecular flexibility index (Phi) is 5.44. The van der Waals surface area contributed by atoms with Crippen LogP contribution in [0.4, 0.5) is 5.69 Å². The largest absolute Gasteiger partial charge is 0.484 e. The Morgan fingerprint density at radius 2 is 2.00 bits per heavy atom. The minimum Gasteiger partial charge on any atom is -0.484 e. The van der Waals surface area contributed by atoms with Crippen molar-refractivity contribution in [2.24, 2.45) is 5.73 Å². The van der Waals surface area contributed by atoms with Crippen molar-refractivity contribution in [1.82, 2.24) is 0 Å². The van der Waals surface area contributed by atoms with Gasteiger partial charge in [0.2, 0.25) is 0 Å². The second-order valence-electron chi connectivity index (χ2n) is 4.70. The zero-order valence-corrected chi connectivity index (χ0v) is 13.8. The molecule has 0 saturated carbocycles. The number of amides is 1. The number of nitrogens with one attached hydrogen (secondary N) is 1. The quantitative estimate of drug-likeness (QED) is 0.737. The van der Waals surface area contributed by atoms with E-state index in [9.17, 15) is 4.79 Å². The van der Waals surface area contributed by atoms with E-state index < -0.39 is 5.91 Å². The number of primary amides is 1. The maximum absolute atomic E-state index is 10.7. The number of hydrogen-bond acceptors (Lipinski definition) is 3. The van der Waals surface area contributed by atoms with Gasteiger partial charge in [-0.05, 0) is 59.3 Å². The summed E-state index contributed by atoms with van der Waals surface area (Å²) in [4.78, 5) is 10.7. The Hall–Kier alpha value is -1.76. The highest BCUT2D eigenvalue weighted by atomic mass is 127. The lowest BCUT2D eigenvalue weighted by Crippen LogP contribution is -2.20. The van der Waals surface area contributed by atoms with Crippen LogP contribution in [0.3, 0.4) is 0 Å². The summed E-state index contributed by atoms with van der Waals surface area (Å²) >= 11 is 2.29. The Morgan fingerprint density at radius 3 is 2.67 bits per heavy atom. The van der Waals surface area contributed by atoms with Crippen molar-refractivity contribution < 1.29 is 9.53 Å². The minimum atomic E-state index is -0.486. The fourth-order valence-electron chi connectivity index (χ4n) is 1.91. The van der Waals surface area contributed by atoms with Crippen molar-refractivity contribution in [2.45, 2.75) is 13.0 Å². The van der Waals surface area contributed by atoms with E-state index in [0.717, 1.165) is 5.69 Å². The smallest absolute Gasteiger partial charge is 0.255 e. The van der Waals surface area contributed by atoms with E-state index in [4.69, 9.17) is 10.5 Å². The first-order chi connectivity index (χ1) is 10.0. The normalized spacial score (nSPS) is 11.7. The number of nitrogens with two attached hydrogens (primary N) is 1. The molecule has 0 aliphatic rings. The van der Waals surface area contributed by atoms with E-state index in [0.29, 0.717) is 5.75 Å². The molecule has 110 valence electrons.